The molecule has 0 saturated heterocycles. The molecule has 3 N–H and O–H groups in total. The highest BCUT2D eigenvalue weighted by atomic mass is 32.2. The van der Waals surface area contributed by atoms with Crippen molar-refractivity contribution in [2.45, 2.75) is 18.7 Å². The van der Waals surface area contributed by atoms with Crippen molar-refractivity contribution in [3.8, 4) is 23.0 Å². The number of phenolic OH excluding ortho intramolecular Hbond substituents is 2. The Balaban J connectivity index is 1.74. The van der Waals surface area contributed by atoms with Gasteiger partial charge in [0.2, 0.25) is 0 Å². The number of aryl methyl sites for hydroxylation is 1. The molecule has 208 valence electrons. The molecule has 4 aromatic rings. The van der Waals surface area contributed by atoms with Gasteiger partial charge in [0.15, 0.2) is 15.6 Å². The predicted molar refractivity (Wildman–Crippen MR) is 154 cm³/mol. The fraction of sp³-hybridized carbons (Fsp3) is 0.214. The van der Waals surface area contributed by atoms with Crippen LogP contribution < -0.4 is 14.8 Å². The molecule has 0 aliphatic rings. The molecule has 0 saturated carbocycles. The van der Waals surface area contributed by atoms with Crippen molar-refractivity contribution in [3.63, 3.8) is 0 Å². The minimum Gasteiger partial charge on any atom is -0.506 e. The van der Waals surface area contributed by atoms with E-state index in [0.717, 1.165) is 17.4 Å². The highest BCUT2D eigenvalue weighted by Gasteiger charge is 2.21. The summed E-state index contributed by atoms with van der Waals surface area (Å²) in [5, 5.41) is 42.6. The van der Waals surface area contributed by atoms with Gasteiger partial charge >= 0.3 is 0 Å². The van der Waals surface area contributed by atoms with Crippen LogP contribution in [0, 0.1) is 6.92 Å². The first-order valence-electron chi connectivity index (χ1n) is 12.2. The number of anilines is 1. The third kappa shape index (κ3) is 5.52. The average Bonchev–Trinajstić information content (AvgIpc) is 2.96. The number of phenols is 2. The van der Waals surface area contributed by atoms with E-state index in [1.54, 1.807) is 44.5 Å². The Bertz CT molecular complexity index is 1750. The summed E-state index contributed by atoms with van der Waals surface area (Å²) < 4.78 is 35.1. The summed E-state index contributed by atoms with van der Waals surface area (Å²) in [5.74, 6) is 0.0334. The number of ether oxygens (including phenoxy) is 2. The highest BCUT2D eigenvalue weighted by molar-refractivity contribution is 7.91. The third-order valence-electron chi connectivity index (χ3n) is 6.30. The van der Waals surface area contributed by atoms with Crippen molar-refractivity contribution in [2.75, 3.05) is 32.3 Å². The normalized spacial score (nSPS) is 11.9. The lowest BCUT2D eigenvalue weighted by atomic mass is 10.1. The van der Waals surface area contributed by atoms with Crippen LogP contribution in [0.5, 0.6) is 23.0 Å². The van der Waals surface area contributed by atoms with Gasteiger partial charge in [-0.15, -0.1) is 15.3 Å². The van der Waals surface area contributed by atoms with Crippen LogP contribution in [0.15, 0.2) is 79.9 Å². The molecule has 4 aromatic carbocycles. The smallest absolute Gasteiger partial charge is 0.181 e. The second-order valence-corrected chi connectivity index (χ2v) is 10.9. The Morgan fingerprint density at radius 3 is 2.15 bits per heavy atom. The van der Waals surface area contributed by atoms with Crippen LogP contribution >= 0.6 is 0 Å². The van der Waals surface area contributed by atoms with Crippen molar-refractivity contribution in [3.05, 3.63) is 60.2 Å². The van der Waals surface area contributed by atoms with Gasteiger partial charge in [-0.05, 0) is 55.0 Å². The van der Waals surface area contributed by atoms with Crippen LogP contribution in [0.25, 0.3) is 10.8 Å². The molecule has 0 amide bonds. The first-order chi connectivity index (χ1) is 19.1. The number of methoxy groups -OCH3 is 2. The van der Waals surface area contributed by atoms with E-state index in [4.69, 9.17) is 9.47 Å². The minimum atomic E-state index is -3.64. The number of hydrogen-bond acceptors (Lipinski definition) is 11. The maximum atomic E-state index is 12.3. The minimum absolute atomic E-state index is 0.0260. The van der Waals surface area contributed by atoms with Crippen LogP contribution in [0.1, 0.15) is 12.5 Å². The number of hydrogen-bond donors (Lipinski definition) is 3. The molecule has 0 fully saturated rings. The lowest BCUT2D eigenvalue weighted by molar-refractivity contribution is 0.399. The van der Waals surface area contributed by atoms with Crippen LogP contribution in [-0.4, -0.2) is 45.7 Å². The summed E-state index contributed by atoms with van der Waals surface area (Å²) >= 11 is 0. The molecular formula is C28H29N5O6S. The molecular weight excluding hydrogens is 534 g/mol. The van der Waals surface area contributed by atoms with Crippen LogP contribution in [-0.2, 0) is 9.84 Å². The Labute approximate surface area is 231 Å². The molecule has 0 atom stereocenters. The molecule has 40 heavy (non-hydrogen) atoms. The van der Waals surface area contributed by atoms with Gasteiger partial charge < -0.3 is 25.0 Å². The van der Waals surface area contributed by atoms with Crippen LogP contribution in [0.3, 0.4) is 0 Å². The molecule has 0 heterocycles. The number of aromatic hydroxyl groups is 2. The molecule has 0 unspecified atom stereocenters. The van der Waals surface area contributed by atoms with E-state index in [1.165, 1.54) is 20.1 Å². The summed E-state index contributed by atoms with van der Waals surface area (Å²) in [7, 11) is 1.04. The first kappa shape index (κ1) is 28.3. The Hall–Kier alpha value is -4.71. The van der Waals surface area contributed by atoms with E-state index >= 15 is 0 Å². The van der Waals surface area contributed by atoms with Gasteiger partial charge in [-0.25, -0.2) is 8.42 Å². The maximum Gasteiger partial charge on any atom is 0.181 e. The van der Waals surface area contributed by atoms with Gasteiger partial charge in [0.25, 0.3) is 0 Å². The van der Waals surface area contributed by atoms with Crippen molar-refractivity contribution in [1.82, 2.24) is 0 Å². The zero-order valence-electron chi connectivity index (χ0n) is 22.6. The lowest BCUT2D eigenvalue weighted by Crippen LogP contribution is -2.05. The van der Waals surface area contributed by atoms with Gasteiger partial charge in [-0.3, -0.25) is 0 Å². The molecule has 0 aliphatic carbocycles. The van der Waals surface area contributed by atoms with Crippen molar-refractivity contribution in [1.29, 1.82) is 0 Å². The number of azo groups is 2. The van der Waals surface area contributed by atoms with Crippen molar-refractivity contribution >= 4 is 49.0 Å². The molecule has 0 bridgehead atoms. The standard InChI is InChI=1S/C28H29N5O6S/c1-6-40(36,37)26-15-24(34)23(14-25(26)39-5)32-31-22-12-8-18-19(28(22)35)9-11-21(29-3)27(18)33-30-20-10-7-17(38-4)13-16(20)2/h7-15,29,34-35H,6H2,1-5H3. The fourth-order valence-electron chi connectivity index (χ4n) is 4.01. The quantitative estimate of drug-likeness (QED) is 0.181. The average molecular weight is 564 g/mol. The topological polar surface area (TPSA) is 155 Å². The molecule has 12 heteroatoms. The van der Waals surface area contributed by atoms with Crippen LogP contribution in [0.2, 0.25) is 0 Å². The number of nitrogens with one attached hydrogen (secondary N) is 1. The SMILES string of the molecule is CCS(=O)(=O)c1cc(O)c(N=Nc2ccc3c(N=Nc4ccc(OC)cc4C)c(NC)ccc3c2O)cc1OC. The van der Waals surface area contributed by atoms with Gasteiger partial charge in [0, 0.05) is 30.0 Å². The second-order valence-electron chi connectivity index (χ2n) is 8.69. The van der Waals surface area contributed by atoms with E-state index in [2.05, 4.69) is 25.8 Å². The highest BCUT2D eigenvalue weighted by Crippen LogP contribution is 2.44. The number of sulfone groups is 1. The summed E-state index contributed by atoms with van der Waals surface area (Å²) in [6, 6.07) is 14.6. The molecule has 0 aliphatic heterocycles. The number of rotatable bonds is 9. The molecule has 0 spiro atoms. The molecule has 0 aromatic heterocycles. The second kappa shape index (κ2) is 11.6. The molecule has 11 nitrogen and oxygen atoms in total. The predicted octanol–water partition coefficient (Wildman–Crippen LogP) is 7.24. The zero-order valence-corrected chi connectivity index (χ0v) is 23.4. The van der Waals surface area contributed by atoms with E-state index < -0.39 is 15.6 Å². The fourth-order valence-corrected chi connectivity index (χ4v) is 5.06. The van der Waals surface area contributed by atoms with E-state index in [-0.39, 0.29) is 33.5 Å². The first-order valence-corrected chi connectivity index (χ1v) is 13.9. The summed E-state index contributed by atoms with van der Waals surface area (Å²) in [5.41, 5.74) is 2.88. The third-order valence-corrected chi connectivity index (χ3v) is 8.04. The summed E-state index contributed by atoms with van der Waals surface area (Å²) in [6.07, 6.45) is 0. The van der Waals surface area contributed by atoms with Crippen molar-refractivity contribution in [2.24, 2.45) is 20.5 Å². The number of benzene rings is 4. The Kier molecular flexibility index (Phi) is 8.19. The largest absolute Gasteiger partial charge is 0.506 e. The van der Waals surface area contributed by atoms with Gasteiger partial charge in [-0.1, -0.05) is 6.92 Å². The zero-order chi connectivity index (χ0) is 29.0. The Morgan fingerprint density at radius 1 is 0.825 bits per heavy atom. The Morgan fingerprint density at radius 2 is 1.50 bits per heavy atom. The van der Waals surface area contributed by atoms with E-state index in [0.29, 0.717) is 27.8 Å². The van der Waals surface area contributed by atoms with E-state index in [9.17, 15) is 18.6 Å². The maximum absolute atomic E-state index is 12.3. The van der Waals surface area contributed by atoms with E-state index in [1.807, 2.05) is 19.1 Å². The van der Waals surface area contributed by atoms with Gasteiger partial charge in [-0.2, -0.15) is 5.11 Å². The monoisotopic (exact) mass is 563 g/mol. The number of nitrogens with zero attached hydrogens (tertiary/aromatic N) is 4. The van der Waals surface area contributed by atoms with Crippen LogP contribution in [0.4, 0.5) is 28.4 Å². The molecule has 0 radical (unpaired) electrons. The lowest BCUT2D eigenvalue weighted by Gasteiger charge is -2.11. The molecule has 4 rings (SSSR count). The summed E-state index contributed by atoms with van der Waals surface area (Å²) in [6.45, 7) is 3.40. The van der Waals surface area contributed by atoms with Gasteiger partial charge in [0.1, 0.15) is 39.2 Å². The van der Waals surface area contributed by atoms with Crippen molar-refractivity contribution < 1.29 is 28.1 Å². The van der Waals surface area contributed by atoms with Gasteiger partial charge in [0.05, 0.1) is 31.3 Å². The number of fused-ring (bicyclic) bond motifs is 1. The summed E-state index contributed by atoms with van der Waals surface area (Å²) in [4.78, 5) is -0.144.